The molecule has 2 aromatic carbocycles. The van der Waals surface area contributed by atoms with Gasteiger partial charge in [-0.3, -0.25) is 4.98 Å². The monoisotopic (exact) mass is 546 g/mol. The van der Waals surface area contributed by atoms with Gasteiger partial charge >= 0.3 is 6.18 Å². The summed E-state index contributed by atoms with van der Waals surface area (Å²) >= 11 is 0. The number of nitrogens with zero attached hydrogens (tertiary/aromatic N) is 1. The quantitative estimate of drug-likeness (QED) is 0.306. The summed E-state index contributed by atoms with van der Waals surface area (Å²) < 4.78 is 96.9. The molecule has 0 aliphatic heterocycles. The van der Waals surface area contributed by atoms with Gasteiger partial charge in [-0.25, -0.2) is 13.9 Å². The molecule has 0 radical (unpaired) electrons. The molecule has 200 valence electrons. The molecule has 0 bridgehead atoms. The van der Waals surface area contributed by atoms with Gasteiger partial charge in [0.25, 0.3) is 10.2 Å². The van der Waals surface area contributed by atoms with E-state index in [9.17, 15) is 31.1 Å². The first-order chi connectivity index (χ1) is 17.3. The number of ether oxygens (including phenoxy) is 1. The Labute approximate surface area is 208 Å². The number of aliphatic hydroxyl groups excluding tert-OH is 1. The Hall–Kier alpha value is -2.91. The number of rotatable bonds is 9. The van der Waals surface area contributed by atoms with E-state index in [4.69, 9.17) is 9.88 Å². The molecule has 0 amide bonds. The summed E-state index contributed by atoms with van der Waals surface area (Å²) in [6, 6.07) is 5.04. The third-order valence-electron chi connectivity index (χ3n) is 6.07. The molecule has 1 heterocycles. The lowest BCUT2D eigenvalue weighted by atomic mass is 9.88. The lowest BCUT2D eigenvalue weighted by molar-refractivity contribution is -0.140. The molecule has 1 aliphatic rings. The minimum absolute atomic E-state index is 0.0900. The largest absolute Gasteiger partial charge is 0.490 e. The van der Waals surface area contributed by atoms with Crippen LogP contribution in [0, 0.1) is 11.6 Å². The van der Waals surface area contributed by atoms with E-state index in [0.29, 0.717) is 41.3 Å². The Kier molecular flexibility index (Phi) is 7.67. The average molecular weight is 547 g/mol. The summed E-state index contributed by atoms with van der Waals surface area (Å²) in [5, 5.41) is 19.3. The molecule has 5 N–H and O–H groups in total. The first-order valence-electron chi connectivity index (χ1n) is 11.1. The first-order valence-corrected chi connectivity index (χ1v) is 12.6. The second-order valence-corrected chi connectivity index (χ2v) is 10.1. The predicted octanol–water partition coefficient (Wildman–Crippen LogP) is 3.06. The first kappa shape index (κ1) is 27.1. The van der Waals surface area contributed by atoms with E-state index < -0.39 is 52.3 Å². The van der Waals surface area contributed by atoms with Gasteiger partial charge in [-0.1, -0.05) is 0 Å². The molecular weight excluding hydrogens is 523 g/mol. The van der Waals surface area contributed by atoms with Crippen LogP contribution in [0.25, 0.3) is 10.8 Å². The van der Waals surface area contributed by atoms with Crippen LogP contribution in [0.3, 0.4) is 0 Å². The Balaban J connectivity index is 1.40. The molecule has 1 atom stereocenters. The number of alkyl halides is 3. The van der Waals surface area contributed by atoms with Crippen molar-refractivity contribution >= 4 is 21.0 Å². The summed E-state index contributed by atoms with van der Waals surface area (Å²) in [7, 11) is -4.05. The van der Waals surface area contributed by atoms with E-state index in [-0.39, 0.29) is 23.9 Å². The molecule has 0 spiro atoms. The lowest BCUT2D eigenvalue weighted by Crippen LogP contribution is -2.46. The van der Waals surface area contributed by atoms with Crippen molar-refractivity contribution in [2.45, 2.75) is 43.8 Å². The SMILES string of the molecule is NS(=O)(=O)NC[C@@H](O)c1cc(F)c(CNC2CC(Oc3ccc(F)c(C(F)(F)F)c3)C2)c2ccncc12. The predicted molar refractivity (Wildman–Crippen MR) is 123 cm³/mol. The summed E-state index contributed by atoms with van der Waals surface area (Å²) in [6.07, 6.45) is -2.84. The van der Waals surface area contributed by atoms with Crippen molar-refractivity contribution in [1.29, 1.82) is 0 Å². The van der Waals surface area contributed by atoms with Gasteiger partial charge in [0.05, 0.1) is 11.7 Å². The van der Waals surface area contributed by atoms with E-state index >= 15 is 4.39 Å². The molecule has 1 fully saturated rings. The standard InChI is InChI=1S/C23H23F5N4O4S/c24-20-2-1-13(7-19(20)23(26,27)28)36-14-5-12(6-14)31-10-18-15-3-4-30-9-17(15)16(8-21(18)25)22(33)11-32-37(29,34)35/h1-4,7-9,12,14,22,31-33H,5-6,10-11H2,(H2,29,34,35)/t12?,14?,22-/m1/s1. The molecule has 1 aliphatic carbocycles. The Bertz CT molecular complexity index is 1400. The van der Waals surface area contributed by atoms with Crippen molar-refractivity contribution in [1.82, 2.24) is 15.0 Å². The highest BCUT2D eigenvalue weighted by Crippen LogP contribution is 2.35. The number of hydrogen-bond donors (Lipinski definition) is 4. The van der Waals surface area contributed by atoms with Gasteiger partial charge in [-0.05, 0) is 54.1 Å². The van der Waals surface area contributed by atoms with Crippen molar-refractivity contribution in [3.8, 4) is 5.75 Å². The number of nitrogens with one attached hydrogen (secondary N) is 2. The van der Waals surface area contributed by atoms with Gasteiger partial charge < -0.3 is 15.2 Å². The fourth-order valence-corrected chi connectivity index (χ4v) is 4.53. The topological polar surface area (TPSA) is 127 Å². The molecule has 0 unspecified atom stereocenters. The fourth-order valence-electron chi connectivity index (χ4n) is 4.14. The molecule has 4 rings (SSSR count). The van der Waals surface area contributed by atoms with Crippen LogP contribution in [-0.4, -0.2) is 37.2 Å². The number of aromatic nitrogens is 1. The third-order valence-corrected chi connectivity index (χ3v) is 6.64. The van der Waals surface area contributed by atoms with Gasteiger partial charge in [0.15, 0.2) is 0 Å². The molecule has 14 heteroatoms. The van der Waals surface area contributed by atoms with Gasteiger partial charge in [0.1, 0.15) is 23.5 Å². The number of nitrogens with two attached hydrogens (primary N) is 1. The number of pyridine rings is 1. The fraction of sp³-hybridized carbons (Fsp3) is 0.348. The highest BCUT2D eigenvalue weighted by Gasteiger charge is 2.36. The second-order valence-electron chi connectivity index (χ2n) is 8.69. The number of halogens is 5. The van der Waals surface area contributed by atoms with E-state index in [1.807, 2.05) is 4.72 Å². The van der Waals surface area contributed by atoms with Crippen molar-refractivity contribution in [2.24, 2.45) is 5.14 Å². The molecule has 3 aromatic rings. The van der Waals surface area contributed by atoms with Crippen LogP contribution in [-0.2, 0) is 22.9 Å². The van der Waals surface area contributed by atoms with Crippen LogP contribution in [0.15, 0.2) is 42.7 Å². The molecule has 0 saturated heterocycles. The molecular formula is C23H23F5N4O4S. The second kappa shape index (κ2) is 10.5. The van der Waals surface area contributed by atoms with E-state index in [2.05, 4.69) is 10.3 Å². The highest BCUT2D eigenvalue weighted by molar-refractivity contribution is 7.87. The normalized spacial score (nSPS) is 19.0. The highest BCUT2D eigenvalue weighted by atomic mass is 32.2. The van der Waals surface area contributed by atoms with Gasteiger partial charge in [-0.15, -0.1) is 0 Å². The Morgan fingerprint density at radius 2 is 1.86 bits per heavy atom. The Morgan fingerprint density at radius 1 is 1.14 bits per heavy atom. The van der Waals surface area contributed by atoms with E-state index in [0.717, 1.165) is 12.1 Å². The number of benzene rings is 2. The maximum atomic E-state index is 15.0. The van der Waals surface area contributed by atoms with Gasteiger partial charge in [-0.2, -0.15) is 26.3 Å². The van der Waals surface area contributed by atoms with Crippen molar-refractivity contribution in [2.75, 3.05) is 6.54 Å². The van der Waals surface area contributed by atoms with Crippen LogP contribution in [0.4, 0.5) is 22.0 Å². The van der Waals surface area contributed by atoms with Crippen LogP contribution in [0.1, 0.15) is 35.6 Å². The van der Waals surface area contributed by atoms with Gasteiger partial charge in [0, 0.05) is 42.5 Å². The van der Waals surface area contributed by atoms with Crippen molar-refractivity contribution < 1.29 is 40.2 Å². The molecule has 1 aromatic heterocycles. The molecule has 37 heavy (non-hydrogen) atoms. The molecule has 8 nitrogen and oxygen atoms in total. The summed E-state index contributed by atoms with van der Waals surface area (Å²) in [5.41, 5.74) is -0.967. The smallest absolute Gasteiger partial charge is 0.419 e. The number of aliphatic hydroxyl groups is 1. The summed E-state index contributed by atoms with van der Waals surface area (Å²) in [6.45, 7) is -0.355. The number of fused-ring (bicyclic) bond motifs is 1. The molecule has 1 saturated carbocycles. The zero-order valence-electron chi connectivity index (χ0n) is 19.1. The zero-order valence-corrected chi connectivity index (χ0v) is 19.9. The van der Waals surface area contributed by atoms with Crippen molar-refractivity contribution in [3.05, 3.63) is 71.1 Å². The van der Waals surface area contributed by atoms with Crippen molar-refractivity contribution in [3.63, 3.8) is 0 Å². The van der Waals surface area contributed by atoms with Gasteiger partial charge in [0.2, 0.25) is 0 Å². The van der Waals surface area contributed by atoms with Crippen LogP contribution >= 0.6 is 0 Å². The third kappa shape index (κ3) is 6.51. The van der Waals surface area contributed by atoms with Crippen LogP contribution in [0.2, 0.25) is 0 Å². The van der Waals surface area contributed by atoms with E-state index in [1.165, 1.54) is 12.4 Å². The zero-order chi connectivity index (χ0) is 27.0. The summed E-state index contributed by atoms with van der Waals surface area (Å²) in [4.78, 5) is 4.01. The lowest BCUT2D eigenvalue weighted by Gasteiger charge is -2.36. The van der Waals surface area contributed by atoms with Crippen LogP contribution < -0.4 is 19.9 Å². The minimum Gasteiger partial charge on any atom is -0.490 e. The summed E-state index contributed by atoms with van der Waals surface area (Å²) in [5.74, 6) is -2.10. The Morgan fingerprint density at radius 3 is 2.54 bits per heavy atom. The maximum Gasteiger partial charge on any atom is 0.419 e. The van der Waals surface area contributed by atoms with Crippen LogP contribution in [0.5, 0.6) is 5.75 Å². The number of hydrogen-bond acceptors (Lipinski definition) is 6. The average Bonchev–Trinajstić information content (AvgIpc) is 2.79. The van der Waals surface area contributed by atoms with E-state index in [1.54, 1.807) is 6.07 Å². The minimum atomic E-state index is -4.83. The maximum absolute atomic E-state index is 15.0.